The maximum absolute atomic E-state index is 12.9. The molecule has 0 bridgehead atoms. The van der Waals surface area contributed by atoms with Crippen LogP contribution in [0, 0.1) is 0 Å². The van der Waals surface area contributed by atoms with E-state index in [4.69, 9.17) is 14.2 Å². The number of piperidine rings is 1. The van der Waals surface area contributed by atoms with Crippen LogP contribution in [0.4, 0.5) is 0 Å². The van der Waals surface area contributed by atoms with E-state index in [0.29, 0.717) is 24.5 Å². The largest absolute Gasteiger partial charge is 0.479 e. The number of nitrogens with zero attached hydrogens (tertiary/aromatic N) is 5. The van der Waals surface area contributed by atoms with Gasteiger partial charge in [-0.15, -0.1) is 0 Å². The Bertz CT molecular complexity index is 837. The van der Waals surface area contributed by atoms with Gasteiger partial charge in [-0.3, -0.25) is 4.79 Å². The number of fused-ring (bicyclic) bond motifs is 1. The summed E-state index contributed by atoms with van der Waals surface area (Å²) in [5.74, 6) is 2.00. The van der Waals surface area contributed by atoms with Crippen LogP contribution >= 0.6 is 0 Å². The lowest BCUT2D eigenvalue weighted by Crippen LogP contribution is -2.39. The van der Waals surface area contributed by atoms with Crippen LogP contribution in [0.2, 0.25) is 0 Å². The van der Waals surface area contributed by atoms with Gasteiger partial charge >= 0.3 is 0 Å². The molecule has 0 spiro atoms. The van der Waals surface area contributed by atoms with Crippen LogP contribution in [0.1, 0.15) is 54.6 Å². The Labute approximate surface area is 164 Å². The quantitative estimate of drug-likeness (QED) is 0.780. The zero-order chi connectivity index (χ0) is 19.5. The number of aromatic nitrogens is 3. The van der Waals surface area contributed by atoms with Crippen molar-refractivity contribution in [2.24, 2.45) is 0 Å². The summed E-state index contributed by atoms with van der Waals surface area (Å²) in [5.41, 5.74) is 2.33. The van der Waals surface area contributed by atoms with E-state index in [1.54, 1.807) is 13.2 Å². The molecular formula is C20H27N5O3. The van der Waals surface area contributed by atoms with Gasteiger partial charge in [0.1, 0.15) is 5.76 Å². The standard InChI is InChI=1S/C20H27N5O3/c1-24-10-8-16-14(13-24)12-21-20(22-16)17-5-3-4-9-25(17)19(26)7-6-15-11-18(27-2)23-28-15/h11-12,17H,3-10,13H2,1-2H3/t17-/m1/s1. The minimum absolute atomic E-state index is 0.0320. The van der Waals surface area contributed by atoms with Gasteiger partial charge in [0.25, 0.3) is 5.88 Å². The summed E-state index contributed by atoms with van der Waals surface area (Å²) >= 11 is 0. The highest BCUT2D eigenvalue weighted by molar-refractivity contribution is 5.77. The van der Waals surface area contributed by atoms with Crippen LogP contribution in [0.3, 0.4) is 0 Å². The predicted molar refractivity (Wildman–Crippen MR) is 102 cm³/mol. The van der Waals surface area contributed by atoms with Crippen LogP contribution in [-0.2, 0) is 24.2 Å². The third-order valence-corrected chi connectivity index (χ3v) is 5.60. The summed E-state index contributed by atoms with van der Waals surface area (Å²) in [4.78, 5) is 26.7. The first kappa shape index (κ1) is 18.9. The summed E-state index contributed by atoms with van der Waals surface area (Å²) < 4.78 is 10.2. The molecule has 150 valence electrons. The zero-order valence-electron chi connectivity index (χ0n) is 16.6. The van der Waals surface area contributed by atoms with Crippen molar-refractivity contribution in [2.75, 3.05) is 27.2 Å². The van der Waals surface area contributed by atoms with Crippen molar-refractivity contribution in [3.8, 4) is 5.88 Å². The highest BCUT2D eigenvalue weighted by Crippen LogP contribution is 2.30. The highest BCUT2D eigenvalue weighted by atomic mass is 16.5. The molecule has 0 N–H and O–H groups in total. The molecule has 2 aliphatic rings. The number of carbonyl (C=O) groups excluding carboxylic acids is 1. The fourth-order valence-corrected chi connectivity index (χ4v) is 4.01. The van der Waals surface area contributed by atoms with Gasteiger partial charge in [-0.2, -0.15) is 0 Å². The number of amides is 1. The highest BCUT2D eigenvalue weighted by Gasteiger charge is 2.30. The molecule has 0 unspecified atom stereocenters. The Morgan fingerprint density at radius 1 is 1.36 bits per heavy atom. The number of likely N-dealkylation sites (N-methyl/N-ethyl adjacent to an activating group) is 1. The molecule has 4 rings (SSSR count). The molecule has 2 aliphatic heterocycles. The van der Waals surface area contributed by atoms with E-state index < -0.39 is 0 Å². The molecule has 1 amide bonds. The van der Waals surface area contributed by atoms with Crippen molar-refractivity contribution < 1.29 is 14.1 Å². The van der Waals surface area contributed by atoms with Crippen molar-refractivity contribution in [1.29, 1.82) is 0 Å². The molecule has 0 saturated carbocycles. The first-order chi connectivity index (χ1) is 13.6. The molecule has 1 saturated heterocycles. The monoisotopic (exact) mass is 385 g/mol. The number of likely N-dealkylation sites (tertiary alicyclic amines) is 1. The molecule has 1 atom stereocenters. The van der Waals surface area contributed by atoms with E-state index in [-0.39, 0.29) is 11.9 Å². The van der Waals surface area contributed by atoms with Gasteiger partial charge in [0, 0.05) is 62.4 Å². The van der Waals surface area contributed by atoms with Crippen LogP contribution < -0.4 is 4.74 Å². The molecule has 28 heavy (non-hydrogen) atoms. The van der Waals surface area contributed by atoms with Crippen LogP contribution in [0.15, 0.2) is 16.8 Å². The normalized spacial score (nSPS) is 20.1. The minimum atomic E-state index is -0.0320. The average molecular weight is 385 g/mol. The van der Waals surface area contributed by atoms with E-state index >= 15 is 0 Å². The maximum Gasteiger partial charge on any atom is 0.254 e. The maximum atomic E-state index is 12.9. The van der Waals surface area contributed by atoms with Gasteiger partial charge in [-0.05, 0) is 31.5 Å². The minimum Gasteiger partial charge on any atom is -0.479 e. The molecule has 0 aromatic carbocycles. The fourth-order valence-electron chi connectivity index (χ4n) is 4.01. The lowest BCUT2D eigenvalue weighted by atomic mass is 9.99. The molecule has 2 aromatic rings. The second-order valence-electron chi connectivity index (χ2n) is 7.62. The third-order valence-electron chi connectivity index (χ3n) is 5.60. The summed E-state index contributed by atoms with van der Waals surface area (Å²) in [7, 11) is 3.66. The van der Waals surface area contributed by atoms with Crippen LogP contribution in [0.25, 0.3) is 0 Å². The van der Waals surface area contributed by atoms with Crippen LogP contribution in [0.5, 0.6) is 5.88 Å². The number of carbonyl (C=O) groups is 1. The molecule has 0 aliphatic carbocycles. The van der Waals surface area contributed by atoms with Crippen molar-refractivity contribution >= 4 is 5.91 Å². The van der Waals surface area contributed by atoms with Crippen molar-refractivity contribution in [3.05, 3.63) is 35.1 Å². The number of aryl methyl sites for hydroxylation is 1. The molecule has 2 aromatic heterocycles. The number of hydrogen-bond donors (Lipinski definition) is 0. The van der Waals surface area contributed by atoms with E-state index in [0.717, 1.165) is 56.8 Å². The molecule has 8 nitrogen and oxygen atoms in total. The third kappa shape index (κ3) is 4.01. The van der Waals surface area contributed by atoms with E-state index in [1.807, 2.05) is 11.1 Å². The van der Waals surface area contributed by atoms with Gasteiger partial charge in [-0.25, -0.2) is 9.97 Å². The molecule has 1 fully saturated rings. The number of ether oxygens (including phenoxy) is 1. The number of methoxy groups -OCH3 is 1. The van der Waals surface area contributed by atoms with E-state index in [9.17, 15) is 4.79 Å². The Morgan fingerprint density at radius 3 is 3.07 bits per heavy atom. The Kier molecular flexibility index (Phi) is 5.57. The first-order valence-electron chi connectivity index (χ1n) is 9.96. The summed E-state index contributed by atoms with van der Waals surface area (Å²) in [6.07, 6.45) is 6.81. The van der Waals surface area contributed by atoms with Gasteiger partial charge in [0.2, 0.25) is 5.91 Å². The summed E-state index contributed by atoms with van der Waals surface area (Å²) in [5, 5.41) is 3.79. The first-order valence-corrected chi connectivity index (χ1v) is 9.96. The lowest BCUT2D eigenvalue weighted by Gasteiger charge is -2.35. The van der Waals surface area contributed by atoms with Gasteiger partial charge in [0.05, 0.1) is 13.2 Å². The molecule has 8 heteroatoms. The zero-order valence-corrected chi connectivity index (χ0v) is 16.6. The van der Waals surface area contributed by atoms with Crippen molar-refractivity contribution in [3.63, 3.8) is 0 Å². The van der Waals surface area contributed by atoms with E-state index in [2.05, 4.69) is 22.1 Å². The van der Waals surface area contributed by atoms with Gasteiger partial charge in [-0.1, -0.05) is 0 Å². The molecule has 4 heterocycles. The van der Waals surface area contributed by atoms with Gasteiger partial charge < -0.3 is 19.1 Å². The number of hydrogen-bond acceptors (Lipinski definition) is 7. The van der Waals surface area contributed by atoms with Crippen LogP contribution in [-0.4, -0.2) is 58.1 Å². The smallest absolute Gasteiger partial charge is 0.254 e. The predicted octanol–water partition coefficient (Wildman–Crippen LogP) is 2.15. The van der Waals surface area contributed by atoms with Crippen molar-refractivity contribution in [2.45, 2.75) is 51.1 Å². The second kappa shape index (κ2) is 8.26. The summed E-state index contributed by atoms with van der Waals surface area (Å²) in [6, 6.07) is 1.69. The number of rotatable bonds is 5. The topological polar surface area (TPSA) is 84.6 Å². The molecule has 0 radical (unpaired) electrons. The van der Waals surface area contributed by atoms with E-state index in [1.165, 1.54) is 5.56 Å². The van der Waals surface area contributed by atoms with Crippen molar-refractivity contribution in [1.82, 2.24) is 24.9 Å². The Balaban J connectivity index is 1.46. The Morgan fingerprint density at radius 2 is 2.25 bits per heavy atom. The SMILES string of the molecule is COc1cc(CCC(=O)N2CCCC[C@@H]2c2ncc3c(n2)CCN(C)C3)on1. The summed E-state index contributed by atoms with van der Waals surface area (Å²) in [6.45, 7) is 2.66. The molecular weight excluding hydrogens is 358 g/mol. The van der Waals surface area contributed by atoms with Gasteiger partial charge in [0.15, 0.2) is 5.82 Å². The average Bonchev–Trinajstić information content (AvgIpc) is 3.20. The Hall–Kier alpha value is -2.48. The lowest BCUT2D eigenvalue weighted by molar-refractivity contribution is -0.135. The second-order valence-corrected chi connectivity index (χ2v) is 7.62. The fraction of sp³-hybridized carbons (Fsp3) is 0.600.